The zero-order valence-corrected chi connectivity index (χ0v) is 13.9. The Morgan fingerprint density at radius 1 is 1.25 bits per heavy atom. The topological polar surface area (TPSA) is 62.3 Å². The third kappa shape index (κ3) is 3.39. The Bertz CT molecular complexity index is 844. The van der Waals surface area contributed by atoms with E-state index in [0.29, 0.717) is 25.6 Å². The van der Waals surface area contributed by atoms with Crippen LogP contribution in [0.5, 0.6) is 0 Å². The number of sulfonamides is 1. The van der Waals surface area contributed by atoms with E-state index >= 15 is 0 Å². The second kappa shape index (κ2) is 6.45. The number of nitrogens with one attached hydrogen (secondary N) is 1. The molecule has 0 spiro atoms. The molecule has 1 aromatic carbocycles. The number of aromatic nitrogens is 1. The van der Waals surface area contributed by atoms with Gasteiger partial charge in [-0.15, -0.1) is 0 Å². The normalized spacial score (nSPS) is 18.1. The van der Waals surface area contributed by atoms with Crippen LogP contribution in [0.3, 0.4) is 0 Å². The molecule has 1 aliphatic heterocycles. The van der Waals surface area contributed by atoms with E-state index in [2.05, 4.69) is 9.71 Å². The number of halogens is 2. The smallest absolute Gasteiger partial charge is 0.243 e. The Balaban J connectivity index is 1.75. The Morgan fingerprint density at radius 3 is 2.75 bits per heavy atom. The molecule has 0 bridgehead atoms. The van der Waals surface area contributed by atoms with Gasteiger partial charge in [-0.25, -0.2) is 26.9 Å². The minimum Gasteiger partial charge on any atom is -0.355 e. The molecule has 1 aromatic heterocycles. The van der Waals surface area contributed by atoms with Gasteiger partial charge in [-0.1, -0.05) is 6.07 Å². The van der Waals surface area contributed by atoms with E-state index in [1.807, 2.05) is 17.0 Å². The van der Waals surface area contributed by atoms with Gasteiger partial charge in [0.25, 0.3) is 0 Å². The van der Waals surface area contributed by atoms with Gasteiger partial charge in [0.05, 0.1) is 0 Å². The van der Waals surface area contributed by atoms with Crippen molar-refractivity contribution in [2.45, 2.75) is 24.3 Å². The molecular weight excluding hydrogens is 336 g/mol. The van der Waals surface area contributed by atoms with Gasteiger partial charge in [-0.2, -0.15) is 0 Å². The first-order chi connectivity index (χ1) is 11.4. The van der Waals surface area contributed by atoms with Crippen LogP contribution in [0.1, 0.15) is 12.0 Å². The molecule has 1 saturated heterocycles. The number of hydrogen-bond donors (Lipinski definition) is 1. The van der Waals surface area contributed by atoms with E-state index in [1.54, 1.807) is 12.3 Å². The Labute approximate surface area is 139 Å². The highest BCUT2D eigenvalue weighted by molar-refractivity contribution is 7.89. The summed E-state index contributed by atoms with van der Waals surface area (Å²) in [6, 6.07) is 6.76. The zero-order valence-electron chi connectivity index (χ0n) is 13.0. The molecule has 1 unspecified atom stereocenters. The van der Waals surface area contributed by atoms with Crippen molar-refractivity contribution in [3.63, 3.8) is 0 Å². The average Bonchev–Trinajstić information content (AvgIpc) is 2.99. The van der Waals surface area contributed by atoms with Gasteiger partial charge in [0, 0.05) is 31.4 Å². The highest BCUT2D eigenvalue weighted by Gasteiger charge is 2.29. The molecule has 1 atom stereocenters. The van der Waals surface area contributed by atoms with Gasteiger partial charge in [-0.05, 0) is 37.1 Å². The van der Waals surface area contributed by atoms with Crippen LogP contribution in [0.4, 0.5) is 14.6 Å². The predicted molar refractivity (Wildman–Crippen MR) is 86.3 cm³/mol. The molecule has 2 heterocycles. The van der Waals surface area contributed by atoms with Crippen LogP contribution in [0.25, 0.3) is 0 Å². The van der Waals surface area contributed by atoms with Crippen molar-refractivity contribution >= 4 is 15.8 Å². The fraction of sp³-hybridized carbons (Fsp3) is 0.312. The van der Waals surface area contributed by atoms with E-state index in [1.165, 1.54) is 6.92 Å². The fourth-order valence-electron chi connectivity index (χ4n) is 2.72. The largest absolute Gasteiger partial charge is 0.355 e. The lowest BCUT2D eigenvalue weighted by Gasteiger charge is -2.18. The summed E-state index contributed by atoms with van der Waals surface area (Å²) in [6.45, 7) is 2.49. The number of hydrogen-bond acceptors (Lipinski definition) is 4. The van der Waals surface area contributed by atoms with Gasteiger partial charge in [-0.3, -0.25) is 0 Å². The van der Waals surface area contributed by atoms with Crippen LogP contribution in [-0.2, 0) is 10.0 Å². The minimum absolute atomic E-state index is 0.0818. The second-order valence-electron chi connectivity index (χ2n) is 5.77. The van der Waals surface area contributed by atoms with E-state index < -0.39 is 26.6 Å². The van der Waals surface area contributed by atoms with Crippen molar-refractivity contribution in [1.82, 2.24) is 9.71 Å². The fourth-order valence-corrected chi connectivity index (χ4v) is 4.13. The standard InChI is InChI=1S/C16H17F2N3O2S/c1-11-8-15(14(18)9-13(11)17)24(22,23)20-12-5-7-21(10-12)16-4-2-3-6-19-16/h2-4,6,8-9,12,20H,5,7,10H2,1H3. The van der Waals surface area contributed by atoms with Crippen molar-refractivity contribution in [3.05, 3.63) is 53.7 Å². The van der Waals surface area contributed by atoms with Crippen LogP contribution in [0.15, 0.2) is 41.4 Å². The summed E-state index contributed by atoms with van der Waals surface area (Å²) in [5, 5.41) is 0. The quantitative estimate of drug-likeness (QED) is 0.916. The Hall–Kier alpha value is -2.06. The molecule has 1 N–H and O–H groups in total. The maximum atomic E-state index is 13.9. The predicted octanol–water partition coefficient (Wildman–Crippen LogP) is 2.23. The molecule has 1 aliphatic rings. The number of nitrogens with zero attached hydrogens (tertiary/aromatic N) is 2. The van der Waals surface area contributed by atoms with E-state index in [4.69, 9.17) is 0 Å². The van der Waals surface area contributed by atoms with Crippen LogP contribution in [0.2, 0.25) is 0 Å². The number of pyridine rings is 1. The lowest BCUT2D eigenvalue weighted by molar-refractivity contribution is 0.532. The van der Waals surface area contributed by atoms with E-state index in [-0.39, 0.29) is 11.6 Å². The monoisotopic (exact) mass is 353 g/mol. The van der Waals surface area contributed by atoms with Crippen LogP contribution in [0, 0.1) is 18.6 Å². The third-order valence-corrected chi connectivity index (χ3v) is 5.52. The zero-order chi connectivity index (χ0) is 17.3. The number of benzene rings is 1. The lowest BCUT2D eigenvalue weighted by atomic mass is 10.2. The first kappa shape index (κ1) is 16.8. The molecule has 3 rings (SSSR count). The van der Waals surface area contributed by atoms with E-state index in [9.17, 15) is 17.2 Å². The molecule has 0 saturated carbocycles. The first-order valence-electron chi connectivity index (χ1n) is 7.51. The van der Waals surface area contributed by atoms with Crippen molar-refractivity contribution in [3.8, 4) is 0 Å². The molecule has 0 amide bonds. The Kier molecular flexibility index (Phi) is 4.51. The summed E-state index contributed by atoms with van der Waals surface area (Å²) in [5.74, 6) is -1.10. The van der Waals surface area contributed by atoms with Crippen LogP contribution < -0.4 is 9.62 Å². The third-order valence-electron chi connectivity index (χ3n) is 3.99. The van der Waals surface area contributed by atoms with Crippen LogP contribution in [-0.4, -0.2) is 32.5 Å². The summed E-state index contributed by atoms with van der Waals surface area (Å²) in [5.41, 5.74) is 0.0818. The van der Waals surface area contributed by atoms with Crippen molar-refractivity contribution < 1.29 is 17.2 Å². The molecule has 24 heavy (non-hydrogen) atoms. The Morgan fingerprint density at radius 2 is 2.04 bits per heavy atom. The number of anilines is 1. The molecular formula is C16H17F2N3O2S. The minimum atomic E-state index is -4.06. The summed E-state index contributed by atoms with van der Waals surface area (Å²) in [6.07, 6.45) is 2.25. The van der Waals surface area contributed by atoms with Crippen molar-refractivity contribution in [2.75, 3.05) is 18.0 Å². The van der Waals surface area contributed by atoms with Gasteiger partial charge in [0.2, 0.25) is 10.0 Å². The summed E-state index contributed by atoms with van der Waals surface area (Å²) in [4.78, 5) is 5.66. The average molecular weight is 353 g/mol. The maximum Gasteiger partial charge on any atom is 0.243 e. The number of rotatable bonds is 4. The van der Waals surface area contributed by atoms with Crippen molar-refractivity contribution in [1.29, 1.82) is 0 Å². The summed E-state index contributed by atoms with van der Waals surface area (Å²) < 4.78 is 54.5. The molecule has 2 aromatic rings. The molecule has 0 radical (unpaired) electrons. The van der Waals surface area contributed by atoms with Gasteiger partial charge in [0.15, 0.2) is 0 Å². The molecule has 128 valence electrons. The van der Waals surface area contributed by atoms with Gasteiger partial charge < -0.3 is 4.90 Å². The molecule has 0 aliphatic carbocycles. The SMILES string of the molecule is Cc1cc(S(=O)(=O)NC2CCN(c3ccccn3)C2)c(F)cc1F. The second-order valence-corrected chi connectivity index (χ2v) is 7.46. The first-order valence-corrected chi connectivity index (χ1v) is 8.99. The maximum absolute atomic E-state index is 13.9. The number of aryl methyl sites for hydroxylation is 1. The lowest BCUT2D eigenvalue weighted by Crippen LogP contribution is -2.37. The highest BCUT2D eigenvalue weighted by Crippen LogP contribution is 2.22. The van der Waals surface area contributed by atoms with Gasteiger partial charge >= 0.3 is 0 Å². The van der Waals surface area contributed by atoms with E-state index in [0.717, 1.165) is 11.9 Å². The highest BCUT2D eigenvalue weighted by atomic mass is 32.2. The molecule has 1 fully saturated rings. The summed E-state index contributed by atoms with van der Waals surface area (Å²) >= 11 is 0. The molecule has 5 nitrogen and oxygen atoms in total. The van der Waals surface area contributed by atoms with Crippen LogP contribution >= 0.6 is 0 Å². The summed E-state index contributed by atoms with van der Waals surface area (Å²) in [7, 11) is -4.06. The van der Waals surface area contributed by atoms with Crippen molar-refractivity contribution in [2.24, 2.45) is 0 Å². The van der Waals surface area contributed by atoms with Gasteiger partial charge in [0.1, 0.15) is 22.3 Å². The molecule has 8 heteroatoms.